The van der Waals surface area contributed by atoms with E-state index < -0.39 is 0 Å². The molecule has 0 aliphatic rings. The van der Waals surface area contributed by atoms with Crippen molar-refractivity contribution in [3.05, 3.63) is 35.4 Å². The van der Waals surface area contributed by atoms with Crippen LogP contribution in [0.1, 0.15) is 22.8 Å². The summed E-state index contributed by atoms with van der Waals surface area (Å²) in [6, 6.07) is 7.39. The van der Waals surface area contributed by atoms with Gasteiger partial charge in [0.25, 0.3) is 0 Å². The number of aryl methyl sites for hydroxylation is 1. The molecule has 0 saturated heterocycles. The van der Waals surface area contributed by atoms with Crippen LogP contribution in [0.25, 0.3) is 0 Å². The van der Waals surface area contributed by atoms with E-state index in [-0.39, 0.29) is 18.3 Å². The normalized spacial score (nSPS) is 8.75. The minimum Gasteiger partial charge on any atom is -0.366 e. The summed E-state index contributed by atoms with van der Waals surface area (Å²) in [7, 11) is 0. The molecule has 1 rings (SSSR count). The lowest BCUT2D eigenvalue weighted by Crippen LogP contribution is -2.13. The van der Waals surface area contributed by atoms with E-state index in [1.165, 1.54) is 0 Å². The van der Waals surface area contributed by atoms with Crippen LogP contribution in [0.5, 0.6) is 0 Å². The maximum absolute atomic E-state index is 10.8. The molecule has 1 amide bonds. The molecule has 2 nitrogen and oxygen atoms in total. The Labute approximate surface area is 78.2 Å². The number of rotatable bonds is 2. The van der Waals surface area contributed by atoms with E-state index in [1.54, 1.807) is 6.07 Å². The van der Waals surface area contributed by atoms with Gasteiger partial charge in [0.15, 0.2) is 0 Å². The number of benzene rings is 1. The molecule has 0 spiro atoms. The predicted molar refractivity (Wildman–Crippen MR) is 51.6 cm³/mol. The molecule has 1 aromatic rings. The second-order valence-corrected chi connectivity index (χ2v) is 2.37. The second kappa shape index (κ2) is 4.78. The highest BCUT2D eigenvalue weighted by Crippen LogP contribution is 2.07. The summed E-state index contributed by atoms with van der Waals surface area (Å²) in [6.45, 7) is 2.00. The largest absolute Gasteiger partial charge is 0.366 e. The van der Waals surface area contributed by atoms with E-state index in [1.807, 2.05) is 25.1 Å². The third-order valence-electron chi connectivity index (χ3n) is 1.66. The number of nitrogens with two attached hydrogens (primary N) is 1. The molecule has 0 fully saturated rings. The van der Waals surface area contributed by atoms with Crippen LogP contribution < -0.4 is 5.73 Å². The molecule has 1 aromatic carbocycles. The first-order valence-electron chi connectivity index (χ1n) is 3.63. The van der Waals surface area contributed by atoms with Crippen molar-refractivity contribution in [2.45, 2.75) is 13.3 Å². The molecule has 0 radical (unpaired) electrons. The molecule has 0 aliphatic carbocycles. The Bertz CT molecular complexity index is 273. The zero-order chi connectivity index (χ0) is 8.27. The average Bonchev–Trinajstić information content (AvgIpc) is 2.04. The SMILES string of the molecule is CCc1ccccc1C(N)=O.Cl. The fourth-order valence-electron chi connectivity index (χ4n) is 1.07. The Morgan fingerprint density at radius 3 is 2.42 bits per heavy atom. The van der Waals surface area contributed by atoms with Gasteiger partial charge in [0.05, 0.1) is 0 Å². The molecule has 66 valence electrons. The number of amides is 1. The van der Waals surface area contributed by atoms with E-state index in [0.29, 0.717) is 5.56 Å². The van der Waals surface area contributed by atoms with Gasteiger partial charge < -0.3 is 5.73 Å². The van der Waals surface area contributed by atoms with Gasteiger partial charge in [-0.15, -0.1) is 12.4 Å². The van der Waals surface area contributed by atoms with E-state index in [4.69, 9.17) is 5.73 Å². The van der Waals surface area contributed by atoms with Gasteiger partial charge in [-0.2, -0.15) is 0 Å². The maximum atomic E-state index is 10.8. The summed E-state index contributed by atoms with van der Waals surface area (Å²) in [5.41, 5.74) is 6.80. The number of hydrogen-bond donors (Lipinski definition) is 1. The molecule has 0 bridgehead atoms. The van der Waals surface area contributed by atoms with Gasteiger partial charge in [-0.05, 0) is 18.1 Å². The predicted octanol–water partition coefficient (Wildman–Crippen LogP) is 1.77. The molecule has 0 aliphatic heterocycles. The van der Waals surface area contributed by atoms with Crippen molar-refractivity contribution < 1.29 is 4.79 Å². The van der Waals surface area contributed by atoms with Crippen molar-refractivity contribution in [1.29, 1.82) is 0 Å². The first-order valence-corrected chi connectivity index (χ1v) is 3.63. The van der Waals surface area contributed by atoms with Crippen molar-refractivity contribution in [2.75, 3.05) is 0 Å². The topological polar surface area (TPSA) is 43.1 Å². The molecule has 0 atom stereocenters. The Morgan fingerprint density at radius 2 is 2.00 bits per heavy atom. The van der Waals surface area contributed by atoms with Crippen LogP contribution in [-0.2, 0) is 6.42 Å². The maximum Gasteiger partial charge on any atom is 0.248 e. The Hall–Kier alpha value is -1.02. The van der Waals surface area contributed by atoms with Crippen molar-refractivity contribution >= 4 is 18.3 Å². The lowest BCUT2D eigenvalue weighted by molar-refractivity contribution is 0.0999. The van der Waals surface area contributed by atoms with Gasteiger partial charge in [-0.1, -0.05) is 25.1 Å². The Kier molecular flexibility index (Phi) is 4.37. The van der Waals surface area contributed by atoms with Crippen LogP contribution in [0.15, 0.2) is 24.3 Å². The zero-order valence-electron chi connectivity index (χ0n) is 6.91. The molecular weight excluding hydrogens is 174 g/mol. The quantitative estimate of drug-likeness (QED) is 0.750. The number of primary amides is 1. The second-order valence-electron chi connectivity index (χ2n) is 2.37. The monoisotopic (exact) mass is 185 g/mol. The average molecular weight is 186 g/mol. The minimum atomic E-state index is -0.345. The minimum absolute atomic E-state index is 0. The van der Waals surface area contributed by atoms with Crippen LogP contribution >= 0.6 is 12.4 Å². The zero-order valence-corrected chi connectivity index (χ0v) is 7.73. The van der Waals surface area contributed by atoms with E-state index in [9.17, 15) is 4.79 Å². The molecule has 2 N–H and O–H groups in total. The molecule has 3 heteroatoms. The van der Waals surface area contributed by atoms with Crippen molar-refractivity contribution in [2.24, 2.45) is 5.73 Å². The van der Waals surface area contributed by atoms with Crippen LogP contribution in [0.3, 0.4) is 0 Å². The molecule has 0 heterocycles. The van der Waals surface area contributed by atoms with Crippen molar-refractivity contribution in [1.82, 2.24) is 0 Å². The molecule has 12 heavy (non-hydrogen) atoms. The number of carbonyl (C=O) groups is 1. The highest BCUT2D eigenvalue weighted by atomic mass is 35.5. The van der Waals surface area contributed by atoms with Gasteiger partial charge in [-0.25, -0.2) is 0 Å². The lowest BCUT2D eigenvalue weighted by Gasteiger charge is -2.01. The summed E-state index contributed by atoms with van der Waals surface area (Å²) in [4.78, 5) is 10.8. The fraction of sp³-hybridized carbons (Fsp3) is 0.222. The highest BCUT2D eigenvalue weighted by Gasteiger charge is 2.03. The Morgan fingerprint density at radius 1 is 1.42 bits per heavy atom. The first-order chi connectivity index (χ1) is 5.25. The van der Waals surface area contributed by atoms with Crippen LogP contribution in [0, 0.1) is 0 Å². The number of carbonyl (C=O) groups excluding carboxylic acids is 1. The Balaban J connectivity index is 0.00000121. The first kappa shape index (κ1) is 11.0. The summed E-state index contributed by atoms with van der Waals surface area (Å²) < 4.78 is 0. The van der Waals surface area contributed by atoms with E-state index in [0.717, 1.165) is 12.0 Å². The summed E-state index contributed by atoms with van der Waals surface area (Å²) in [6.07, 6.45) is 0.846. The summed E-state index contributed by atoms with van der Waals surface area (Å²) >= 11 is 0. The highest BCUT2D eigenvalue weighted by molar-refractivity contribution is 5.94. The van der Waals surface area contributed by atoms with Crippen LogP contribution in [0.4, 0.5) is 0 Å². The van der Waals surface area contributed by atoms with Crippen LogP contribution in [-0.4, -0.2) is 5.91 Å². The molecule has 0 aromatic heterocycles. The van der Waals surface area contributed by atoms with Gasteiger partial charge in [0.2, 0.25) is 5.91 Å². The third kappa shape index (κ3) is 2.24. The van der Waals surface area contributed by atoms with Crippen LogP contribution in [0.2, 0.25) is 0 Å². The standard InChI is InChI=1S/C9H11NO.ClH/c1-2-7-5-3-4-6-8(7)9(10)11;/h3-6H,2H2,1H3,(H2,10,11);1H. The number of halogens is 1. The molecule has 0 unspecified atom stereocenters. The van der Waals surface area contributed by atoms with Gasteiger partial charge in [-0.3, -0.25) is 4.79 Å². The molecule has 0 saturated carbocycles. The number of hydrogen-bond acceptors (Lipinski definition) is 1. The fourth-order valence-corrected chi connectivity index (χ4v) is 1.07. The third-order valence-corrected chi connectivity index (χ3v) is 1.66. The lowest BCUT2D eigenvalue weighted by atomic mass is 10.1. The van der Waals surface area contributed by atoms with E-state index in [2.05, 4.69) is 0 Å². The van der Waals surface area contributed by atoms with Gasteiger partial charge in [0, 0.05) is 5.56 Å². The van der Waals surface area contributed by atoms with Gasteiger partial charge in [0.1, 0.15) is 0 Å². The summed E-state index contributed by atoms with van der Waals surface area (Å²) in [5.74, 6) is -0.345. The van der Waals surface area contributed by atoms with Crippen molar-refractivity contribution in [3.8, 4) is 0 Å². The van der Waals surface area contributed by atoms with Crippen molar-refractivity contribution in [3.63, 3.8) is 0 Å². The van der Waals surface area contributed by atoms with E-state index >= 15 is 0 Å². The van der Waals surface area contributed by atoms with Gasteiger partial charge >= 0.3 is 0 Å². The smallest absolute Gasteiger partial charge is 0.248 e. The molecular formula is C9H12ClNO. The summed E-state index contributed by atoms with van der Waals surface area (Å²) in [5, 5.41) is 0.